The average molecular weight is 360 g/mol. The van der Waals surface area contributed by atoms with Crippen LogP contribution in [0.25, 0.3) is 0 Å². The second-order valence-corrected chi connectivity index (χ2v) is 7.80. The monoisotopic (exact) mass is 360 g/mol. The molecule has 1 aromatic carbocycles. The van der Waals surface area contributed by atoms with E-state index in [2.05, 4.69) is 5.32 Å². The third kappa shape index (κ3) is 3.62. The van der Waals surface area contributed by atoms with E-state index in [-0.39, 0.29) is 11.8 Å². The number of nitrogens with zero attached hydrogens (tertiary/aromatic N) is 1. The van der Waals surface area contributed by atoms with Crippen molar-refractivity contribution in [2.75, 3.05) is 31.6 Å². The Kier molecular flexibility index (Phi) is 5.08. The number of hydrogen-bond acceptors (Lipinski definition) is 4. The lowest BCUT2D eigenvalue weighted by molar-refractivity contribution is -0.189. The third-order valence-electron chi connectivity index (χ3n) is 5.37. The standard InChI is InChI=1S/C20H28N2O4/c1-14-5-6-15(2)16(13-14)21-17(23)19(3,4)18(24)22-9-7-20(8-10-22)25-11-12-26-20/h5-6,13H,7-12H2,1-4H3,(H,21,23). The van der Waals surface area contributed by atoms with Crippen LogP contribution in [-0.2, 0) is 19.1 Å². The van der Waals surface area contributed by atoms with Gasteiger partial charge in [0.05, 0.1) is 13.2 Å². The SMILES string of the molecule is Cc1ccc(C)c(NC(=O)C(C)(C)C(=O)N2CCC3(CC2)OCCO3)c1. The first-order valence-electron chi connectivity index (χ1n) is 9.20. The number of rotatable bonds is 3. The van der Waals surface area contributed by atoms with E-state index >= 15 is 0 Å². The maximum atomic E-state index is 13.0. The van der Waals surface area contributed by atoms with Gasteiger partial charge in [-0.2, -0.15) is 0 Å². The largest absolute Gasteiger partial charge is 0.347 e. The minimum Gasteiger partial charge on any atom is -0.347 e. The van der Waals surface area contributed by atoms with E-state index < -0.39 is 11.2 Å². The molecule has 0 radical (unpaired) electrons. The highest BCUT2D eigenvalue weighted by atomic mass is 16.7. The molecule has 142 valence electrons. The number of nitrogens with one attached hydrogen (secondary N) is 1. The van der Waals surface area contributed by atoms with Crippen molar-refractivity contribution in [3.8, 4) is 0 Å². The first-order valence-corrected chi connectivity index (χ1v) is 9.20. The summed E-state index contributed by atoms with van der Waals surface area (Å²) in [5.41, 5.74) is 1.65. The minimum absolute atomic E-state index is 0.159. The van der Waals surface area contributed by atoms with Gasteiger partial charge in [0.2, 0.25) is 11.8 Å². The number of ether oxygens (including phenoxy) is 2. The fraction of sp³-hybridized carbons (Fsp3) is 0.600. The Balaban J connectivity index is 1.65. The molecule has 0 unspecified atom stereocenters. The maximum absolute atomic E-state index is 13.0. The normalized spacial score (nSPS) is 19.6. The van der Waals surface area contributed by atoms with Gasteiger partial charge in [0, 0.05) is 31.6 Å². The van der Waals surface area contributed by atoms with E-state index in [1.807, 2.05) is 32.0 Å². The van der Waals surface area contributed by atoms with Crippen molar-refractivity contribution in [2.45, 2.75) is 46.3 Å². The van der Waals surface area contributed by atoms with Gasteiger partial charge in [-0.3, -0.25) is 9.59 Å². The summed E-state index contributed by atoms with van der Waals surface area (Å²) in [6.07, 6.45) is 1.29. The summed E-state index contributed by atoms with van der Waals surface area (Å²) >= 11 is 0. The Hall–Kier alpha value is -1.92. The fourth-order valence-electron chi connectivity index (χ4n) is 3.48. The van der Waals surface area contributed by atoms with Gasteiger partial charge in [-0.05, 0) is 44.9 Å². The van der Waals surface area contributed by atoms with Crippen LogP contribution in [-0.4, -0.2) is 48.8 Å². The Labute approximate surface area is 154 Å². The smallest absolute Gasteiger partial charge is 0.239 e. The van der Waals surface area contributed by atoms with Gasteiger partial charge in [-0.15, -0.1) is 0 Å². The molecule has 6 nitrogen and oxygen atoms in total. The molecule has 0 aromatic heterocycles. The molecular formula is C20H28N2O4. The molecule has 0 aliphatic carbocycles. The highest BCUT2D eigenvalue weighted by Crippen LogP contribution is 2.33. The number of amides is 2. The highest BCUT2D eigenvalue weighted by molar-refractivity contribution is 6.10. The Bertz CT molecular complexity index is 698. The topological polar surface area (TPSA) is 67.9 Å². The third-order valence-corrected chi connectivity index (χ3v) is 5.37. The van der Waals surface area contributed by atoms with E-state index in [4.69, 9.17) is 9.47 Å². The molecule has 2 fully saturated rings. The van der Waals surface area contributed by atoms with Gasteiger partial charge in [0.15, 0.2) is 5.79 Å². The predicted octanol–water partition coefficient (Wildman–Crippen LogP) is 2.63. The van der Waals surface area contributed by atoms with Crippen LogP contribution in [0.2, 0.25) is 0 Å². The van der Waals surface area contributed by atoms with Crippen molar-refractivity contribution >= 4 is 17.5 Å². The summed E-state index contributed by atoms with van der Waals surface area (Å²) < 4.78 is 11.4. The molecule has 1 aromatic rings. The van der Waals surface area contributed by atoms with Gasteiger partial charge in [0.1, 0.15) is 5.41 Å². The van der Waals surface area contributed by atoms with Gasteiger partial charge < -0.3 is 19.7 Å². The van der Waals surface area contributed by atoms with Crippen molar-refractivity contribution < 1.29 is 19.1 Å². The number of benzene rings is 1. The Morgan fingerprint density at radius 1 is 1.12 bits per heavy atom. The zero-order valence-corrected chi connectivity index (χ0v) is 16.1. The number of anilines is 1. The van der Waals surface area contributed by atoms with Crippen molar-refractivity contribution in [1.82, 2.24) is 4.90 Å². The molecular weight excluding hydrogens is 332 g/mol. The van der Waals surface area contributed by atoms with E-state index in [9.17, 15) is 9.59 Å². The van der Waals surface area contributed by atoms with E-state index in [0.29, 0.717) is 39.1 Å². The predicted molar refractivity (Wildman–Crippen MR) is 98.8 cm³/mol. The summed E-state index contributed by atoms with van der Waals surface area (Å²) in [4.78, 5) is 27.6. The molecule has 2 saturated heterocycles. The second kappa shape index (κ2) is 7.00. The number of aryl methyl sites for hydroxylation is 2. The van der Waals surface area contributed by atoms with Crippen molar-refractivity contribution in [3.63, 3.8) is 0 Å². The Morgan fingerprint density at radius 3 is 2.35 bits per heavy atom. The molecule has 0 atom stereocenters. The molecule has 1 spiro atoms. The number of hydrogen-bond donors (Lipinski definition) is 1. The van der Waals surface area contributed by atoms with Gasteiger partial charge in [-0.25, -0.2) is 0 Å². The number of likely N-dealkylation sites (tertiary alicyclic amines) is 1. The van der Waals surface area contributed by atoms with Crippen molar-refractivity contribution in [3.05, 3.63) is 29.3 Å². The van der Waals surface area contributed by atoms with Crippen LogP contribution in [0.3, 0.4) is 0 Å². The minimum atomic E-state index is -1.14. The lowest BCUT2D eigenvalue weighted by Gasteiger charge is -2.40. The molecule has 2 aliphatic rings. The highest BCUT2D eigenvalue weighted by Gasteiger charge is 2.45. The van der Waals surface area contributed by atoms with Crippen LogP contribution in [0, 0.1) is 19.3 Å². The fourth-order valence-corrected chi connectivity index (χ4v) is 3.48. The van der Waals surface area contributed by atoms with Crippen LogP contribution in [0.4, 0.5) is 5.69 Å². The zero-order chi connectivity index (χ0) is 18.9. The summed E-state index contributed by atoms with van der Waals surface area (Å²) in [5.74, 6) is -0.972. The van der Waals surface area contributed by atoms with Gasteiger partial charge in [-0.1, -0.05) is 12.1 Å². The van der Waals surface area contributed by atoms with E-state index in [1.54, 1.807) is 18.7 Å². The first kappa shape index (κ1) is 18.9. The molecule has 6 heteroatoms. The lowest BCUT2D eigenvalue weighted by atomic mass is 9.88. The molecule has 2 amide bonds. The molecule has 2 heterocycles. The van der Waals surface area contributed by atoms with E-state index in [0.717, 1.165) is 16.8 Å². The van der Waals surface area contributed by atoms with E-state index in [1.165, 1.54) is 0 Å². The zero-order valence-electron chi connectivity index (χ0n) is 16.1. The number of piperidine rings is 1. The van der Waals surface area contributed by atoms with Crippen LogP contribution in [0.5, 0.6) is 0 Å². The summed E-state index contributed by atoms with van der Waals surface area (Å²) in [5, 5.41) is 2.92. The van der Waals surface area contributed by atoms with Crippen molar-refractivity contribution in [2.24, 2.45) is 5.41 Å². The van der Waals surface area contributed by atoms with Crippen LogP contribution < -0.4 is 5.32 Å². The number of carbonyl (C=O) groups is 2. The molecule has 0 bridgehead atoms. The van der Waals surface area contributed by atoms with Gasteiger partial charge in [0.25, 0.3) is 0 Å². The molecule has 3 rings (SSSR count). The van der Waals surface area contributed by atoms with Crippen LogP contribution >= 0.6 is 0 Å². The second-order valence-electron chi connectivity index (χ2n) is 7.80. The average Bonchev–Trinajstić information content (AvgIpc) is 3.06. The molecule has 0 saturated carbocycles. The molecule has 1 N–H and O–H groups in total. The quantitative estimate of drug-likeness (QED) is 0.842. The molecule has 2 aliphatic heterocycles. The Morgan fingerprint density at radius 2 is 1.73 bits per heavy atom. The summed E-state index contributed by atoms with van der Waals surface area (Å²) in [6, 6.07) is 5.89. The molecule has 26 heavy (non-hydrogen) atoms. The first-order chi connectivity index (χ1) is 12.2. The van der Waals surface area contributed by atoms with Crippen LogP contribution in [0.15, 0.2) is 18.2 Å². The van der Waals surface area contributed by atoms with Crippen molar-refractivity contribution in [1.29, 1.82) is 0 Å². The number of carbonyl (C=O) groups excluding carboxylic acids is 2. The van der Waals surface area contributed by atoms with Crippen LogP contribution in [0.1, 0.15) is 37.8 Å². The summed E-state index contributed by atoms with van der Waals surface area (Å²) in [7, 11) is 0. The maximum Gasteiger partial charge on any atom is 0.239 e. The summed E-state index contributed by atoms with van der Waals surface area (Å²) in [6.45, 7) is 9.58. The van der Waals surface area contributed by atoms with Gasteiger partial charge >= 0.3 is 0 Å². The lowest BCUT2D eigenvalue weighted by Crippen LogP contribution is -2.53.